The van der Waals surface area contributed by atoms with Gasteiger partial charge < -0.3 is 4.74 Å². The van der Waals surface area contributed by atoms with Crippen molar-refractivity contribution in [1.82, 2.24) is 4.90 Å². The number of likely N-dealkylation sites (tertiary alicyclic amines) is 1. The highest BCUT2D eigenvalue weighted by atomic mass is 19.1. The fourth-order valence-electron chi connectivity index (χ4n) is 4.12. The molecule has 0 aliphatic carbocycles. The highest BCUT2D eigenvalue weighted by Gasteiger charge is 2.11. The SMILES string of the molecule is COc1cc(-c2ccc(F)cc2)cc(-c2ccc(F)cc2)c1.c1ccc(CN2CCCC2)cc1. The molecule has 34 heavy (non-hydrogen) atoms. The van der Waals surface area contributed by atoms with Crippen molar-refractivity contribution >= 4 is 0 Å². The van der Waals surface area contributed by atoms with Crippen LogP contribution in [0.2, 0.25) is 0 Å². The summed E-state index contributed by atoms with van der Waals surface area (Å²) >= 11 is 0. The number of nitrogens with zero attached hydrogens (tertiary/aromatic N) is 1. The lowest BCUT2D eigenvalue weighted by Crippen LogP contribution is -2.18. The van der Waals surface area contributed by atoms with Crippen molar-refractivity contribution in [3.05, 3.63) is 114 Å². The summed E-state index contributed by atoms with van der Waals surface area (Å²) in [5.41, 5.74) is 5.06. The summed E-state index contributed by atoms with van der Waals surface area (Å²) in [6.07, 6.45) is 2.76. The third-order valence-electron chi connectivity index (χ3n) is 5.95. The Labute approximate surface area is 200 Å². The smallest absolute Gasteiger partial charge is 0.123 e. The highest BCUT2D eigenvalue weighted by Crippen LogP contribution is 2.31. The Hall–Kier alpha value is -3.50. The van der Waals surface area contributed by atoms with Gasteiger partial charge >= 0.3 is 0 Å². The van der Waals surface area contributed by atoms with Crippen LogP contribution in [0.25, 0.3) is 22.3 Å². The van der Waals surface area contributed by atoms with Crippen LogP contribution in [0.3, 0.4) is 0 Å². The Kier molecular flexibility index (Phi) is 8.05. The normalized spacial score (nSPS) is 13.3. The van der Waals surface area contributed by atoms with Gasteiger partial charge in [-0.05, 0) is 96.2 Å². The van der Waals surface area contributed by atoms with Crippen LogP contribution in [0, 0.1) is 11.6 Å². The van der Waals surface area contributed by atoms with Gasteiger partial charge in [-0.1, -0.05) is 54.6 Å². The van der Waals surface area contributed by atoms with E-state index in [2.05, 4.69) is 35.2 Å². The summed E-state index contributed by atoms with van der Waals surface area (Å²) in [5, 5.41) is 0. The minimum Gasteiger partial charge on any atom is -0.497 e. The number of ether oxygens (including phenoxy) is 1. The monoisotopic (exact) mass is 457 g/mol. The molecule has 5 rings (SSSR count). The van der Waals surface area contributed by atoms with Gasteiger partial charge in [-0.15, -0.1) is 0 Å². The Morgan fingerprint density at radius 2 is 1.15 bits per heavy atom. The molecule has 174 valence electrons. The van der Waals surface area contributed by atoms with Crippen LogP contribution < -0.4 is 4.74 Å². The van der Waals surface area contributed by atoms with Gasteiger partial charge in [-0.25, -0.2) is 8.78 Å². The maximum Gasteiger partial charge on any atom is 0.123 e. The first-order valence-electron chi connectivity index (χ1n) is 11.6. The zero-order chi connectivity index (χ0) is 23.8. The van der Waals surface area contributed by atoms with Crippen molar-refractivity contribution in [1.29, 1.82) is 0 Å². The molecular formula is C30H29F2NO. The summed E-state index contributed by atoms with van der Waals surface area (Å²) in [4.78, 5) is 2.52. The first kappa shape index (κ1) is 23.7. The van der Waals surface area contributed by atoms with Crippen molar-refractivity contribution in [2.75, 3.05) is 20.2 Å². The molecule has 0 atom stereocenters. The second kappa shape index (κ2) is 11.6. The van der Waals surface area contributed by atoms with Gasteiger partial charge in [0.05, 0.1) is 7.11 Å². The molecule has 1 fully saturated rings. The van der Waals surface area contributed by atoms with E-state index in [0.29, 0.717) is 5.75 Å². The Bertz CT molecular complexity index is 1110. The Balaban J connectivity index is 0.000000192. The number of halogens is 2. The van der Waals surface area contributed by atoms with Gasteiger partial charge in [0.2, 0.25) is 0 Å². The van der Waals surface area contributed by atoms with E-state index in [-0.39, 0.29) is 11.6 Å². The van der Waals surface area contributed by atoms with E-state index >= 15 is 0 Å². The molecule has 0 radical (unpaired) electrons. The van der Waals surface area contributed by atoms with Gasteiger partial charge in [-0.3, -0.25) is 4.90 Å². The van der Waals surface area contributed by atoms with Crippen molar-refractivity contribution in [2.24, 2.45) is 0 Å². The Morgan fingerprint density at radius 3 is 1.62 bits per heavy atom. The molecule has 1 saturated heterocycles. The predicted molar refractivity (Wildman–Crippen MR) is 135 cm³/mol. The van der Waals surface area contributed by atoms with Crippen LogP contribution in [0.5, 0.6) is 5.75 Å². The van der Waals surface area contributed by atoms with Crippen LogP contribution >= 0.6 is 0 Å². The van der Waals surface area contributed by atoms with E-state index in [1.54, 1.807) is 31.4 Å². The fourth-order valence-corrected chi connectivity index (χ4v) is 4.12. The van der Waals surface area contributed by atoms with Crippen molar-refractivity contribution in [2.45, 2.75) is 19.4 Å². The number of rotatable bonds is 5. The molecule has 1 heterocycles. The van der Waals surface area contributed by atoms with Crippen LogP contribution in [0.15, 0.2) is 97.1 Å². The lowest BCUT2D eigenvalue weighted by atomic mass is 9.98. The van der Waals surface area contributed by atoms with Crippen molar-refractivity contribution in [3.8, 4) is 28.0 Å². The van der Waals surface area contributed by atoms with E-state index in [1.165, 1.54) is 55.8 Å². The van der Waals surface area contributed by atoms with E-state index in [4.69, 9.17) is 4.74 Å². The first-order chi connectivity index (χ1) is 16.6. The molecule has 0 saturated carbocycles. The van der Waals surface area contributed by atoms with E-state index < -0.39 is 0 Å². The summed E-state index contributed by atoms with van der Waals surface area (Å²) < 4.78 is 31.5. The zero-order valence-electron chi connectivity index (χ0n) is 19.4. The lowest BCUT2D eigenvalue weighted by Gasteiger charge is -2.13. The van der Waals surface area contributed by atoms with Gasteiger partial charge in [-0.2, -0.15) is 0 Å². The van der Waals surface area contributed by atoms with Crippen molar-refractivity contribution in [3.63, 3.8) is 0 Å². The van der Waals surface area contributed by atoms with Crippen LogP contribution in [-0.2, 0) is 6.54 Å². The molecule has 0 N–H and O–H groups in total. The molecule has 1 aliphatic rings. The number of methoxy groups -OCH3 is 1. The standard InChI is InChI=1S/C19H14F2O.C11H15N/c1-22-19-11-15(13-2-6-17(20)7-3-13)10-16(12-19)14-4-8-18(21)9-5-14;1-2-6-11(7-3-1)10-12-8-4-5-9-12/h2-12H,1H3;1-3,6-7H,4-5,8-10H2. The van der Waals surface area contributed by atoms with Gasteiger partial charge in [0.1, 0.15) is 17.4 Å². The maximum atomic E-state index is 13.1. The lowest BCUT2D eigenvalue weighted by molar-refractivity contribution is 0.331. The fraction of sp³-hybridized carbons (Fsp3) is 0.200. The molecule has 4 aromatic carbocycles. The minimum atomic E-state index is -0.273. The third kappa shape index (κ3) is 6.52. The molecule has 0 spiro atoms. The molecule has 0 unspecified atom stereocenters. The summed E-state index contributed by atoms with van der Waals surface area (Å²) in [5.74, 6) is 0.150. The number of benzene rings is 4. The van der Waals surface area contributed by atoms with Gasteiger partial charge in [0.25, 0.3) is 0 Å². The average molecular weight is 458 g/mol. The van der Waals surface area contributed by atoms with E-state index in [1.807, 2.05) is 18.2 Å². The van der Waals surface area contributed by atoms with Crippen LogP contribution in [-0.4, -0.2) is 25.1 Å². The Morgan fingerprint density at radius 1 is 0.647 bits per heavy atom. The number of hydrogen-bond acceptors (Lipinski definition) is 2. The summed E-state index contributed by atoms with van der Waals surface area (Å²) in [6, 6.07) is 29.1. The van der Waals surface area contributed by atoms with E-state index in [0.717, 1.165) is 28.8 Å². The van der Waals surface area contributed by atoms with E-state index in [9.17, 15) is 8.78 Å². The molecule has 0 bridgehead atoms. The predicted octanol–water partition coefficient (Wildman–Crippen LogP) is 7.59. The number of hydrogen-bond donors (Lipinski definition) is 0. The minimum absolute atomic E-state index is 0.273. The first-order valence-corrected chi connectivity index (χ1v) is 11.6. The second-order valence-electron chi connectivity index (χ2n) is 8.43. The second-order valence-corrected chi connectivity index (χ2v) is 8.43. The topological polar surface area (TPSA) is 12.5 Å². The van der Waals surface area contributed by atoms with Gasteiger partial charge in [0.15, 0.2) is 0 Å². The third-order valence-corrected chi connectivity index (χ3v) is 5.95. The molecule has 4 aromatic rings. The molecule has 4 heteroatoms. The largest absolute Gasteiger partial charge is 0.497 e. The molecule has 1 aliphatic heterocycles. The summed E-state index contributed by atoms with van der Waals surface area (Å²) in [6.45, 7) is 3.71. The maximum absolute atomic E-state index is 13.1. The van der Waals surface area contributed by atoms with Crippen LogP contribution in [0.4, 0.5) is 8.78 Å². The van der Waals surface area contributed by atoms with Gasteiger partial charge in [0, 0.05) is 6.54 Å². The average Bonchev–Trinajstić information content (AvgIpc) is 3.39. The molecule has 0 amide bonds. The quantitative estimate of drug-likeness (QED) is 0.306. The zero-order valence-corrected chi connectivity index (χ0v) is 19.4. The molecular weight excluding hydrogens is 428 g/mol. The molecule has 2 nitrogen and oxygen atoms in total. The molecule has 0 aromatic heterocycles. The van der Waals surface area contributed by atoms with Crippen molar-refractivity contribution < 1.29 is 13.5 Å². The highest BCUT2D eigenvalue weighted by molar-refractivity contribution is 5.75. The van der Waals surface area contributed by atoms with Crippen LogP contribution in [0.1, 0.15) is 18.4 Å². The summed E-state index contributed by atoms with van der Waals surface area (Å²) in [7, 11) is 1.60.